The summed E-state index contributed by atoms with van der Waals surface area (Å²) in [7, 11) is 1.63. The lowest BCUT2D eigenvalue weighted by Gasteiger charge is -2.13. The third-order valence-electron chi connectivity index (χ3n) is 4.98. The van der Waals surface area contributed by atoms with Crippen molar-refractivity contribution in [2.75, 3.05) is 38.9 Å². The van der Waals surface area contributed by atoms with Crippen LogP contribution in [-0.4, -0.2) is 44.4 Å². The number of nitrogens with one attached hydrogen (secondary N) is 1. The number of nitriles is 1. The highest BCUT2D eigenvalue weighted by atomic mass is 16.5. The van der Waals surface area contributed by atoms with Crippen LogP contribution in [0.25, 0.3) is 10.8 Å². The second-order valence-corrected chi connectivity index (χ2v) is 6.87. The number of aromatic nitrogens is 1. The number of carbonyl (C=O) groups is 1. The van der Waals surface area contributed by atoms with E-state index in [1.807, 2.05) is 24.3 Å². The first kappa shape index (κ1) is 19.8. The number of rotatable bonds is 8. The Morgan fingerprint density at radius 2 is 1.97 bits per heavy atom. The van der Waals surface area contributed by atoms with Gasteiger partial charge in [0, 0.05) is 24.4 Å². The van der Waals surface area contributed by atoms with E-state index in [0.29, 0.717) is 37.7 Å². The molecule has 1 N–H and O–H groups in total. The fourth-order valence-corrected chi connectivity index (χ4v) is 3.56. The number of anilines is 1. The first-order chi connectivity index (χ1) is 14.7. The number of carbonyl (C=O) groups excluding carboxylic acids is 1. The zero-order valence-electron chi connectivity index (χ0n) is 16.6. The van der Waals surface area contributed by atoms with Gasteiger partial charge in [-0.2, -0.15) is 5.26 Å². The topological polar surface area (TPSA) is 93.5 Å². The van der Waals surface area contributed by atoms with Gasteiger partial charge in [-0.3, -0.25) is 9.78 Å². The van der Waals surface area contributed by atoms with E-state index in [4.69, 9.17) is 14.2 Å². The number of hydrogen-bond acceptors (Lipinski definition) is 6. The standard InChI is InChI=1S/C23H21N3O4/c1-28-8-9-29-10-11-30-17-3-4-18-16(13-17)6-7-25-22(18)21-19-12-15(14-24)2-5-20(19)26-23(21)27/h2-7,12-13,21H,8-11H2,1H3,(H,26,27). The SMILES string of the molecule is COCCOCCOc1ccc2c(C3C(=O)Nc4ccc(C#N)cc43)nccc2c1. The summed E-state index contributed by atoms with van der Waals surface area (Å²) in [4.78, 5) is 17.2. The summed E-state index contributed by atoms with van der Waals surface area (Å²) >= 11 is 0. The Kier molecular flexibility index (Phi) is 5.89. The van der Waals surface area contributed by atoms with Gasteiger partial charge in [0.2, 0.25) is 5.91 Å². The lowest BCUT2D eigenvalue weighted by Crippen LogP contribution is -2.15. The Morgan fingerprint density at radius 1 is 1.10 bits per heavy atom. The molecule has 1 aliphatic rings. The van der Waals surface area contributed by atoms with Crippen LogP contribution < -0.4 is 10.1 Å². The van der Waals surface area contributed by atoms with Crippen molar-refractivity contribution in [3.05, 3.63) is 65.5 Å². The van der Waals surface area contributed by atoms with Gasteiger partial charge in [-0.15, -0.1) is 0 Å². The van der Waals surface area contributed by atoms with E-state index in [0.717, 1.165) is 27.8 Å². The van der Waals surface area contributed by atoms with E-state index in [-0.39, 0.29) is 5.91 Å². The molecular weight excluding hydrogens is 382 g/mol. The van der Waals surface area contributed by atoms with Gasteiger partial charge in [0.25, 0.3) is 0 Å². The van der Waals surface area contributed by atoms with Crippen molar-refractivity contribution in [2.45, 2.75) is 5.92 Å². The Balaban J connectivity index is 1.58. The van der Waals surface area contributed by atoms with Crippen LogP contribution in [0.3, 0.4) is 0 Å². The quantitative estimate of drug-likeness (QED) is 0.581. The first-order valence-corrected chi connectivity index (χ1v) is 9.64. The molecule has 1 atom stereocenters. The molecule has 0 radical (unpaired) electrons. The second kappa shape index (κ2) is 8.91. The molecule has 30 heavy (non-hydrogen) atoms. The molecule has 1 aliphatic heterocycles. The van der Waals surface area contributed by atoms with E-state index in [9.17, 15) is 10.1 Å². The number of fused-ring (bicyclic) bond motifs is 2. The van der Waals surface area contributed by atoms with E-state index >= 15 is 0 Å². The van der Waals surface area contributed by atoms with Gasteiger partial charge < -0.3 is 19.5 Å². The molecule has 0 aliphatic carbocycles. The predicted molar refractivity (Wildman–Crippen MR) is 112 cm³/mol. The third kappa shape index (κ3) is 3.96. The number of amides is 1. The van der Waals surface area contributed by atoms with Crippen molar-refractivity contribution in [3.63, 3.8) is 0 Å². The van der Waals surface area contributed by atoms with Crippen molar-refractivity contribution in [2.24, 2.45) is 0 Å². The Bertz CT molecular complexity index is 1120. The molecule has 0 saturated carbocycles. The average molecular weight is 403 g/mol. The Hall–Kier alpha value is -3.47. The van der Waals surface area contributed by atoms with Gasteiger partial charge in [-0.1, -0.05) is 0 Å². The summed E-state index contributed by atoms with van der Waals surface area (Å²) in [6.07, 6.45) is 1.69. The van der Waals surface area contributed by atoms with Crippen LogP contribution >= 0.6 is 0 Å². The minimum Gasteiger partial charge on any atom is -0.491 e. The first-order valence-electron chi connectivity index (χ1n) is 9.64. The van der Waals surface area contributed by atoms with Crippen molar-refractivity contribution in [1.82, 2.24) is 4.98 Å². The minimum atomic E-state index is -0.557. The van der Waals surface area contributed by atoms with Crippen LogP contribution in [0.2, 0.25) is 0 Å². The molecule has 0 fully saturated rings. The average Bonchev–Trinajstić information content (AvgIpc) is 3.10. The van der Waals surface area contributed by atoms with Crippen LogP contribution in [0.4, 0.5) is 5.69 Å². The molecule has 7 nitrogen and oxygen atoms in total. The Labute approximate surface area is 174 Å². The summed E-state index contributed by atoms with van der Waals surface area (Å²) in [5, 5.41) is 13.9. The van der Waals surface area contributed by atoms with Gasteiger partial charge in [0.1, 0.15) is 18.3 Å². The molecular formula is C23H21N3O4. The monoisotopic (exact) mass is 403 g/mol. The number of benzene rings is 2. The molecule has 4 rings (SSSR count). The summed E-state index contributed by atoms with van der Waals surface area (Å²) < 4.78 is 16.1. The maximum absolute atomic E-state index is 12.7. The van der Waals surface area contributed by atoms with Crippen molar-refractivity contribution in [3.8, 4) is 11.8 Å². The smallest absolute Gasteiger partial charge is 0.238 e. The number of ether oxygens (including phenoxy) is 3. The molecule has 0 bridgehead atoms. The minimum absolute atomic E-state index is 0.145. The normalized spacial score (nSPS) is 14.9. The molecule has 1 aromatic heterocycles. The van der Waals surface area contributed by atoms with Crippen LogP contribution in [0.15, 0.2) is 48.7 Å². The highest BCUT2D eigenvalue weighted by molar-refractivity contribution is 6.07. The van der Waals surface area contributed by atoms with Crippen LogP contribution in [0.5, 0.6) is 5.75 Å². The van der Waals surface area contributed by atoms with Crippen molar-refractivity contribution >= 4 is 22.4 Å². The van der Waals surface area contributed by atoms with Gasteiger partial charge in [-0.05, 0) is 53.4 Å². The molecule has 1 amide bonds. The van der Waals surface area contributed by atoms with Gasteiger partial charge in [0.05, 0.1) is 37.1 Å². The number of nitrogens with zero attached hydrogens (tertiary/aromatic N) is 2. The molecule has 1 unspecified atom stereocenters. The molecule has 3 aromatic rings. The van der Waals surface area contributed by atoms with E-state index in [1.54, 1.807) is 31.5 Å². The number of hydrogen-bond donors (Lipinski definition) is 1. The maximum Gasteiger partial charge on any atom is 0.238 e. The lowest BCUT2D eigenvalue weighted by atomic mass is 9.92. The molecule has 0 saturated heterocycles. The van der Waals surface area contributed by atoms with E-state index < -0.39 is 5.92 Å². The van der Waals surface area contributed by atoms with Crippen molar-refractivity contribution in [1.29, 1.82) is 5.26 Å². The van der Waals surface area contributed by atoms with Crippen molar-refractivity contribution < 1.29 is 19.0 Å². The highest BCUT2D eigenvalue weighted by Crippen LogP contribution is 2.39. The van der Waals surface area contributed by atoms with Crippen LogP contribution in [0.1, 0.15) is 22.7 Å². The zero-order chi connectivity index (χ0) is 20.9. The fraction of sp³-hybridized carbons (Fsp3) is 0.261. The summed E-state index contributed by atoms with van der Waals surface area (Å²) in [6.45, 7) is 2.00. The van der Waals surface area contributed by atoms with Gasteiger partial charge in [0.15, 0.2) is 0 Å². The maximum atomic E-state index is 12.7. The Morgan fingerprint density at radius 3 is 2.80 bits per heavy atom. The third-order valence-corrected chi connectivity index (χ3v) is 4.98. The molecule has 152 valence electrons. The van der Waals surface area contributed by atoms with Gasteiger partial charge >= 0.3 is 0 Å². The number of pyridine rings is 1. The zero-order valence-corrected chi connectivity index (χ0v) is 16.6. The summed E-state index contributed by atoms with van der Waals surface area (Å²) in [6, 6.07) is 14.9. The highest BCUT2D eigenvalue weighted by Gasteiger charge is 2.34. The molecule has 2 heterocycles. The van der Waals surface area contributed by atoms with E-state index in [1.165, 1.54) is 0 Å². The summed E-state index contributed by atoms with van der Waals surface area (Å²) in [5.41, 5.74) is 2.66. The fourth-order valence-electron chi connectivity index (χ4n) is 3.56. The molecule has 2 aromatic carbocycles. The van der Waals surface area contributed by atoms with E-state index in [2.05, 4.69) is 16.4 Å². The van der Waals surface area contributed by atoms with Crippen LogP contribution in [-0.2, 0) is 14.3 Å². The number of methoxy groups -OCH3 is 1. The molecule has 7 heteroatoms. The predicted octanol–water partition coefficient (Wildman–Crippen LogP) is 3.23. The second-order valence-electron chi connectivity index (χ2n) is 6.87. The van der Waals surface area contributed by atoms with Crippen LogP contribution in [0, 0.1) is 11.3 Å². The van der Waals surface area contributed by atoms with Gasteiger partial charge in [-0.25, -0.2) is 0 Å². The lowest BCUT2D eigenvalue weighted by molar-refractivity contribution is -0.116. The summed E-state index contributed by atoms with van der Waals surface area (Å²) in [5.74, 6) is 0.0182. The largest absolute Gasteiger partial charge is 0.491 e. The molecule has 0 spiro atoms.